The fourth-order valence-electron chi connectivity index (χ4n) is 6.16. The average molecular weight is 609 g/mol. The third-order valence-corrected chi connectivity index (χ3v) is 8.54. The second kappa shape index (κ2) is 12.7. The van der Waals surface area contributed by atoms with E-state index in [-0.39, 0.29) is 40.4 Å². The van der Waals surface area contributed by atoms with Gasteiger partial charge in [-0.15, -0.1) is 0 Å². The molecular formula is C32H44N6O6. The number of fused-ring (bicyclic) bond motifs is 1. The van der Waals surface area contributed by atoms with Gasteiger partial charge in [0, 0.05) is 39.4 Å². The number of ketones is 1. The summed E-state index contributed by atoms with van der Waals surface area (Å²) in [6, 6.07) is 5.05. The first-order valence-corrected chi connectivity index (χ1v) is 15.4. The highest BCUT2D eigenvalue weighted by atomic mass is 16.6. The van der Waals surface area contributed by atoms with Gasteiger partial charge >= 0.3 is 6.09 Å². The maximum Gasteiger partial charge on any atom is 0.415 e. The molecule has 0 aromatic carbocycles. The van der Waals surface area contributed by atoms with Crippen molar-refractivity contribution in [3.63, 3.8) is 0 Å². The number of amides is 1. The fourth-order valence-corrected chi connectivity index (χ4v) is 6.16. The van der Waals surface area contributed by atoms with E-state index < -0.39 is 11.7 Å². The van der Waals surface area contributed by atoms with Crippen LogP contribution in [0.25, 0.3) is 5.65 Å². The summed E-state index contributed by atoms with van der Waals surface area (Å²) in [6.07, 6.45) is 8.45. The van der Waals surface area contributed by atoms with Gasteiger partial charge in [-0.1, -0.05) is 6.42 Å². The number of carbonyl (C=O) groups excluding carboxylic acids is 2. The Bertz CT molecular complexity index is 1570. The Morgan fingerprint density at radius 2 is 2.05 bits per heavy atom. The van der Waals surface area contributed by atoms with Crippen molar-refractivity contribution in [2.24, 2.45) is 5.92 Å². The maximum atomic E-state index is 13.7. The monoisotopic (exact) mass is 608 g/mol. The predicted molar refractivity (Wildman–Crippen MR) is 167 cm³/mol. The Morgan fingerprint density at radius 3 is 2.75 bits per heavy atom. The van der Waals surface area contributed by atoms with E-state index in [1.165, 1.54) is 15.6 Å². The highest BCUT2D eigenvalue weighted by molar-refractivity contribution is 6.02. The molecule has 12 heteroatoms. The van der Waals surface area contributed by atoms with Crippen LogP contribution in [-0.2, 0) is 14.2 Å². The highest BCUT2D eigenvalue weighted by Crippen LogP contribution is 2.37. The lowest BCUT2D eigenvalue weighted by Gasteiger charge is -2.36. The van der Waals surface area contributed by atoms with E-state index in [2.05, 4.69) is 17.3 Å². The van der Waals surface area contributed by atoms with Crippen LogP contribution in [0.3, 0.4) is 0 Å². The zero-order chi connectivity index (χ0) is 31.6. The smallest absolute Gasteiger partial charge is 0.415 e. The van der Waals surface area contributed by atoms with Gasteiger partial charge in [-0.3, -0.25) is 14.5 Å². The van der Waals surface area contributed by atoms with Crippen molar-refractivity contribution in [2.75, 3.05) is 37.6 Å². The summed E-state index contributed by atoms with van der Waals surface area (Å²) in [5.41, 5.74) is -0.229. The third kappa shape index (κ3) is 6.96. The first kappa shape index (κ1) is 31.6. The molecule has 3 aromatic heterocycles. The van der Waals surface area contributed by atoms with Crippen LogP contribution < -0.4 is 15.8 Å². The van der Waals surface area contributed by atoms with Crippen molar-refractivity contribution >= 4 is 34.8 Å². The number of anilines is 3. The van der Waals surface area contributed by atoms with E-state index >= 15 is 0 Å². The van der Waals surface area contributed by atoms with Crippen molar-refractivity contribution in [3.8, 4) is 0 Å². The lowest BCUT2D eigenvalue weighted by Crippen LogP contribution is -2.35. The van der Waals surface area contributed by atoms with Crippen LogP contribution in [0.1, 0.15) is 89.0 Å². The molecule has 12 nitrogen and oxygen atoms in total. The first-order chi connectivity index (χ1) is 20.9. The summed E-state index contributed by atoms with van der Waals surface area (Å²) in [5, 5.41) is 7.62. The fraction of sp³-hybridized carbons (Fsp3) is 0.594. The first-order valence-electron chi connectivity index (χ1n) is 15.4. The molecule has 3 aromatic rings. The number of pyridine rings is 1. The van der Waals surface area contributed by atoms with Gasteiger partial charge < -0.3 is 24.1 Å². The van der Waals surface area contributed by atoms with Gasteiger partial charge in [0.05, 0.1) is 30.0 Å². The number of carbonyl (C=O) groups is 2. The number of nitrogens with one attached hydrogen (secondary N) is 1. The molecule has 1 amide bonds. The number of aromatic nitrogens is 4. The number of nitrogens with zero attached hydrogens (tertiary/aromatic N) is 5. The molecule has 2 fully saturated rings. The molecule has 0 bridgehead atoms. The van der Waals surface area contributed by atoms with Crippen molar-refractivity contribution in [1.29, 1.82) is 0 Å². The molecule has 5 rings (SSSR count). The SMILES string of the molecule is CO[C@]1(C)CCC[C@@H](CC(=O)c2cnn3c(N(C)C(=O)OC(C)(C)C)cc(Nc4cccn([C@H]5CCCOC5)c4=O)nc23)C1. The average Bonchev–Trinajstić information content (AvgIpc) is 3.41. The molecule has 238 valence electrons. The summed E-state index contributed by atoms with van der Waals surface area (Å²) in [4.78, 5) is 46.4. The lowest BCUT2D eigenvalue weighted by atomic mass is 9.76. The minimum Gasteiger partial charge on any atom is -0.443 e. The van der Waals surface area contributed by atoms with E-state index in [1.807, 2.05) is 0 Å². The minimum absolute atomic E-state index is 0.0545. The lowest BCUT2D eigenvalue weighted by molar-refractivity contribution is -0.0395. The van der Waals surface area contributed by atoms with Gasteiger partial charge in [-0.05, 0) is 77.8 Å². The molecule has 1 saturated carbocycles. The Balaban J connectivity index is 1.51. The second-order valence-corrected chi connectivity index (χ2v) is 13.2. The Labute approximate surface area is 257 Å². The zero-order valence-corrected chi connectivity index (χ0v) is 26.6. The molecule has 3 atom stereocenters. The molecule has 4 heterocycles. The standard InChI is InChI=1S/C32H44N6O6/c1-31(2,3)44-30(41)36(5)27-17-26(34-24-12-8-14-37(29(24)40)22-11-9-15-43-20-22)35-28-23(19-33-38(27)28)25(39)16-21-10-7-13-32(4,18-21)42-6/h8,12,14,17,19,21-22H,7,9-11,13,15-16,18,20H2,1-6H3,(H,34,35)/t21-,22-,32+/m0/s1. The van der Waals surface area contributed by atoms with E-state index in [9.17, 15) is 14.4 Å². The highest BCUT2D eigenvalue weighted by Gasteiger charge is 2.34. The van der Waals surface area contributed by atoms with Gasteiger partial charge in [-0.2, -0.15) is 9.61 Å². The summed E-state index contributed by atoms with van der Waals surface area (Å²) >= 11 is 0. The molecule has 2 aliphatic rings. The van der Waals surface area contributed by atoms with Crippen LogP contribution >= 0.6 is 0 Å². The molecule has 1 saturated heterocycles. The van der Waals surface area contributed by atoms with Crippen LogP contribution in [0.15, 0.2) is 35.4 Å². The van der Waals surface area contributed by atoms with Crippen LogP contribution in [0.5, 0.6) is 0 Å². The van der Waals surface area contributed by atoms with Crippen LogP contribution in [0.2, 0.25) is 0 Å². The second-order valence-electron chi connectivity index (χ2n) is 13.2. The number of hydrogen-bond donors (Lipinski definition) is 1. The molecule has 1 aliphatic carbocycles. The molecule has 0 unspecified atom stereocenters. The van der Waals surface area contributed by atoms with Crippen molar-refractivity contribution in [2.45, 2.75) is 89.9 Å². The van der Waals surface area contributed by atoms with Gasteiger partial charge in [-0.25, -0.2) is 9.78 Å². The summed E-state index contributed by atoms with van der Waals surface area (Å²) in [7, 11) is 3.29. The number of ether oxygens (including phenoxy) is 3. The normalized spacial score (nSPS) is 22.5. The molecule has 1 aliphatic heterocycles. The number of rotatable bonds is 8. The van der Waals surface area contributed by atoms with Crippen LogP contribution in [0, 0.1) is 5.92 Å². The van der Waals surface area contributed by atoms with Crippen molar-refractivity contribution in [1.82, 2.24) is 19.2 Å². The van der Waals surface area contributed by atoms with Gasteiger partial charge in [0.1, 0.15) is 22.9 Å². The number of hydrogen-bond acceptors (Lipinski definition) is 9. The minimum atomic E-state index is -0.724. The van der Waals surface area contributed by atoms with Gasteiger partial charge in [0.2, 0.25) is 0 Å². The molecular weight excluding hydrogens is 564 g/mol. The largest absolute Gasteiger partial charge is 0.443 e. The van der Waals surface area contributed by atoms with Crippen molar-refractivity contribution in [3.05, 3.63) is 46.5 Å². The number of Topliss-reactive ketones (excluding diaryl/α,β-unsaturated/α-hetero) is 1. The quantitative estimate of drug-likeness (QED) is 0.328. The van der Waals surface area contributed by atoms with Crippen molar-refractivity contribution < 1.29 is 23.8 Å². The maximum absolute atomic E-state index is 13.7. The van der Waals surface area contributed by atoms with E-state index in [0.717, 1.165) is 38.5 Å². The Morgan fingerprint density at radius 1 is 1.25 bits per heavy atom. The zero-order valence-electron chi connectivity index (χ0n) is 26.6. The topological polar surface area (TPSA) is 129 Å². The van der Waals surface area contributed by atoms with E-state index in [1.54, 1.807) is 63.9 Å². The molecule has 0 spiro atoms. The molecule has 1 N–H and O–H groups in total. The van der Waals surface area contributed by atoms with Gasteiger partial charge in [0.25, 0.3) is 5.56 Å². The third-order valence-electron chi connectivity index (χ3n) is 8.54. The Kier molecular flexibility index (Phi) is 9.12. The Hall–Kier alpha value is -3.77. The summed E-state index contributed by atoms with van der Waals surface area (Å²) < 4.78 is 20.1. The van der Waals surface area contributed by atoms with Crippen LogP contribution in [0.4, 0.5) is 22.1 Å². The number of methoxy groups -OCH3 is 1. The predicted octanol–water partition coefficient (Wildman–Crippen LogP) is 5.53. The molecule has 0 radical (unpaired) electrons. The van der Waals surface area contributed by atoms with E-state index in [0.29, 0.717) is 36.7 Å². The van der Waals surface area contributed by atoms with Crippen LogP contribution in [-0.4, -0.2) is 69.6 Å². The van der Waals surface area contributed by atoms with Gasteiger partial charge in [0.15, 0.2) is 11.4 Å². The van der Waals surface area contributed by atoms with E-state index in [4.69, 9.17) is 19.2 Å². The summed E-state index contributed by atoms with van der Waals surface area (Å²) in [5.74, 6) is 0.706. The molecule has 44 heavy (non-hydrogen) atoms. The summed E-state index contributed by atoms with van der Waals surface area (Å²) in [6.45, 7) is 8.63.